The van der Waals surface area contributed by atoms with Gasteiger partial charge in [-0.2, -0.15) is 5.26 Å². The Labute approximate surface area is 168 Å². The summed E-state index contributed by atoms with van der Waals surface area (Å²) in [4.78, 5) is 19.1. The molecule has 0 spiro atoms. The van der Waals surface area contributed by atoms with Crippen LogP contribution in [0.5, 0.6) is 5.75 Å². The third kappa shape index (κ3) is 3.58. The maximum absolute atomic E-state index is 12.5. The van der Waals surface area contributed by atoms with Gasteiger partial charge in [0.2, 0.25) is 0 Å². The molecule has 1 aromatic rings. The number of amidine groups is 1. The first kappa shape index (κ1) is 19.8. The third-order valence-electron chi connectivity index (χ3n) is 4.36. The smallest absolute Gasteiger partial charge is 0.338 e. The van der Waals surface area contributed by atoms with E-state index in [2.05, 4.69) is 24.9 Å². The summed E-state index contributed by atoms with van der Waals surface area (Å²) in [6, 6.07) is 9.07. The van der Waals surface area contributed by atoms with Crippen LogP contribution >= 0.6 is 11.8 Å². The lowest BCUT2D eigenvalue weighted by Crippen LogP contribution is -2.38. The van der Waals surface area contributed by atoms with Gasteiger partial charge in [0.15, 0.2) is 5.17 Å². The minimum absolute atomic E-state index is 0.283. The number of esters is 1. The van der Waals surface area contributed by atoms with Gasteiger partial charge in [-0.25, -0.2) is 9.79 Å². The molecular formula is C20H22N4O3S. The van der Waals surface area contributed by atoms with E-state index in [1.165, 1.54) is 18.9 Å². The van der Waals surface area contributed by atoms with E-state index < -0.39 is 12.0 Å². The highest BCUT2D eigenvalue weighted by Gasteiger charge is 2.42. The normalized spacial score (nSPS) is 18.8. The van der Waals surface area contributed by atoms with E-state index in [-0.39, 0.29) is 5.82 Å². The van der Waals surface area contributed by atoms with Crippen LogP contribution in [0.4, 0.5) is 0 Å². The number of carbonyl (C=O) groups excluding carboxylic acids is 1. The van der Waals surface area contributed by atoms with E-state index in [9.17, 15) is 10.1 Å². The lowest BCUT2D eigenvalue weighted by atomic mass is 9.94. The standard InChI is InChI=1S/C20H22N4O3S/c1-11(2)10-27-14-7-5-13(6-8-14)17-16(19(25)26-4)12(3)23-20-24(17)18(22)15(9-21)28-20/h5-8,11,17H,10,22H2,1-4H3/t17-/m1/s1. The van der Waals surface area contributed by atoms with Gasteiger partial charge in [-0.15, -0.1) is 0 Å². The molecule has 8 heteroatoms. The molecule has 0 saturated heterocycles. The Balaban J connectivity index is 2.04. The second-order valence-electron chi connectivity index (χ2n) is 6.86. The number of rotatable bonds is 5. The number of nitrogens with two attached hydrogens (primary N) is 1. The first-order chi connectivity index (χ1) is 13.4. The van der Waals surface area contributed by atoms with Crippen molar-refractivity contribution in [2.75, 3.05) is 13.7 Å². The summed E-state index contributed by atoms with van der Waals surface area (Å²) in [5.74, 6) is 0.975. The fraction of sp³-hybridized carbons (Fsp3) is 0.350. The molecule has 0 fully saturated rings. The molecular weight excluding hydrogens is 376 g/mol. The van der Waals surface area contributed by atoms with Crippen molar-refractivity contribution in [2.45, 2.75) is 26.8 Å². The quantitative estimate of drug-likeness (QED) is 0.760. The number of thioether (sulfide) groups is 1. The van der Waals surface area contributed by atoms with Gasteiger partial charge in [0.25, 0.3) is 0 Å². The molecule has 1 atom stereocenters. The van der Waals surface area contributed by atoms with E-state index in [1.807, 2.05) is 24.3 Å². The van der Waals surface area contributed by atoms with Gasteiger partial charge in [0, 0.05) is 0 Å². The van der Waals surface area contributed by atoms with Crippen molar-refractivity contribution in [3.8, 4) is 11.8 Å². The predicted octanol–water partition coefficient (Wildman–Crippen LogP) is 3.28. The van der Waals surface area contributed by atoms with Gasteiger partial charge in [-0.05, 0) is 42.3 Å². The molecule has 0 aliphatic carbocycles. The van der Waals surface area contributed by atoms with Gasteiger partial charge in [0.1, 0.15) is 22.5 Å². The van der Waals surface area contributed by atoms with Crippen LogP contribution in [-0.4, -0.2) is 29.8 Å². The summed E-state index contributed by atoms with van der Waals surface area (Å²) in [7, 11) is 1.33. The molecule has 2 N–H and O–H groups in total. The first-order valence-electron chi connectivity index (χ1n) is 8.84. The number of nitrogens with zero attached hydrogens (tertiary/aromatic N) is 3. The van der Waals surface area contributed by atoms with Crippen molar-refractivity contribution >= 4 is 22.9 Å². The summed E-state index contributed by atoms with van der Waals surface area (Å²) in [5, 5.41) is 9.93. The lowest BCUT2D eigenvalue weighted by molar-refractivity contribution is -0.136. The molecule has 2 aliphatic rings. The lowest BCUT2D eigenvalue weighted by Gasteiger charge is -2.34. The van der Waals surface area contributed by atoms with Crippen molar-refractivity contribution in [3.05, 3.63) is 51.8 Å². The van der Waals surface area contributed by atoms with Crippen LogP contribution in [0.3, 0.4) is 0 Å². The van der Waals surface area contributed by atoms with E-state index in [4.69, 9.17) is 15.2 Å². The zero-order valence-corrected chi connectivity index (χ0v) is 17.0. The van der Waals surface area contributed by atoms with Gasteiger partial charge in [0.05, 0.1) is 31.0 Å². The number of aliphatic imine (C=N–C) groups is 1. The molecule has 0 bridgehead atoms. The Hall–Kier alpha value is -2.92. The predicted molar refractivity (Wildman–Crippen MR) is 108 cm³/mol. The number of benzene rings is 1. The highest BCUT2D eigenvalue weighted by atomic mass is 32.2. The van der Waals surface area contributed by atoms with Gasteiger partial charge < -0.3 is 15.2 Å². The van der Waals surface area contributed by atoms with Crippen LogP contribution in [0, 0.1) is 17.2 Å². The van der Waals surface area contributed by atoms with Crippen molar-refractivity contribution in [1.82, 2.24) is 4.90 Å². The second-order valence-corrected chi connectivity index (χ2v) is 7.84. The molecule has 0 amide bonds. The largest absolute Gasteiger partial charge is 0.493 e. The van der Waals surface area contributed by atoms with Gasteiger partial charge >= 0.3 is 5.97 Å². The van der Waals surface area contributed by atoms with Gasteiger partial charge in [-0.3, -0.25) is 4.90 Å². The average molecular weight is 398 g/mol. The molecule has 0 radical (unpaired) electrons. The van der Waals surface area contributed by atoms with Crippen LogP contribution in [0.2, 0.25) is 0 Å². The number of hydrogen-bond acceptors (Lipinski definition) is 8. The summed E-state index contributed by atoms with van der Waals surface area (Å²) in [6.45, 7) is 6.54. The van der Waals surface area contributed by atoms with E-state index >= 15 is 0 Å². The van der Waals surface area contributed by atoms with E-state index in [1.54, 1.807) is 11.8 Å². The van der Waals surface area contributed by atoms with Crippen molar-refractivity contribution in [2.24, 2.45) is 16.6 Å². The molecule has 1 aromatic carbocycles. The Morgan fingerprint density at radius 2 is 2.07 bits per heavy atom. The molecule has 3 rings (SSSR count). The average Bonchev–Trinajstić information content (AvgIpc) is 3.00. The number of carbonyl (C=O) groups is 1. The minimum Gasteiger partial charge on any atom is -0.493 e. The Morgan fingerprint density at radius 3 is 2.64 bits per heavy atom. The molecule has 0 aromatic heterocycles. The zero-order valence-electron chi connectivity index (χ0n) is 16.2. The zero-order chi connectivity index (χ0) is 20.4. The van der Waals surface area contributed by atoms with Crippen LogP contribution in [-0.2, 0) is 9.53 Å². The molecule has 0 unspecified atom stereocenters. The maximum Gasteiger partial charge on any atom is 0.338 e. The second kappa shape index (κ2) is 7.98. The molecule has 0 saturated carbocycles. The van der Waals surface area contributed by atoms with Crippen molar-refractivity contribution < 1.29 is 14.3 Å². The summed E-state index contributed by atoms with van der Waals surface area (Å²) in [5.41, 5.74) is 7.98. The van der Waals surface area contributed by atoms with Crippen molar-refractivity contribution in [1.29, 1.82) is 5.26 Å². The molecule has 28 heavy (non-hydrogen) atoms. The topological polar surface area (TPSA) is 101 Å². The number of ether oxygens (including phenoxy) is 2. The number of allylic oxidation sites excluding steroid dienone is 2. The number of fused-ring (bicyclic) bond motifs is 1. The number of methoxy groups -OCH3 is 1. The third-order valence-corrected chi connectivity index (χ3v) is 5.34. The highest BCUT2D eigenvalue weighted by Crippen LogP contribution is 2.45. The van der Waals surface area contributed by atoms with Crippen molar-refractivity contribution in [3.63, 3.8) is 0 Å². The van der Waals surface area contributed by atoms with Crippen LogP contribution in [0.1, 0.15) is 32.4 Å². The maximum atomic E-state index is 12.5. The monoisotopic (exact) mass is 398 g/mol. The minimum atomic E-state index is -0.530. The summed E-state index contributed by atoms with van der Waals surface area (Å²) < 4.78 is 10.7. The Bertz CT molecular complexity index is 926. The molecule has 146 valence electrons. The SMILES string of the molecule is COC(=O)C1=C(C)N=C2SC(C#N)=C(N)N2[C@@H]1c1ccc(OCC(C)C)cc1. The fourth-order valence-electron chi connectivity index (χ4n) is 3.04. The fourth-order valence-corrected chi connectivity index (χ4v) is 3.95. The summed E-state index contributed by atoms with van der Waals surface area (Å²) in [6.07, 6.45) is 0. The first-order valence-corrected chi connectivity index (χ1v) is 9.66. The molecule has 2 heterocycles. The molecule has 2 aliphatic heterocycles. The summed E-state index contributed by atoms with van der Waals surface area (Å²) >= 11 is 1.20. The highest BCUT2D eigenvalue weighted by molar-refractivity contribution is 8.17. The van der Waals surface area contributed by atoms with Gasteiger partial charge in [-0.1, -0.05) is 26.0 Å². The Kier molecular flexibility index (Phi) is 5.66. The number of nitriles is 1. The van der Waals surface area contributed by atoms with E-state index in [0.29, 0.717) is 33.9 Å². The Morgan fingerprint density at radius 1 is 1.39 bits per heavy atom. The van der Waals surface area contributed by atoms with E-state index in [0.717, 1.165) is 11.3 Å². The van der Waals surface area contributed by atoms with Crippen LogP contribution in [0.15, 0.2) is 51.3 Å². The number of hydrogen-bond donors (Lipinski definition) is 1. The van der Waals surface area contributed by atoms with Crippen LogP contribution in [0.25, 0.3) is 0 Å². The van der Waals surface area contributed by atoms with Crippen LogP contribution < -0.4 is 10.5 Å². The molecule has 7 nitrogen and oxygen atoms in total.